The van der Waals surface area contributed by atoms with Crippen LogP contribution in [0.15, 0.2) is 58.8 Å². The molecule has 1 aliphatic heterocycles. The summed E-state index contributed by atoms with van der Waals surface area (Å²) in [7, 11) is 2.15. The molecule has 3 aromatic heterocycles. The summed E-state index contributed by atoms with van der Waals surface area (Å²) in [5.41, 5.74) is 1.54. The molecule has 11 nitrogen and oxygen atoms in total. The number of anilines is 3. The van der Waals surface area contributed by atoms with E-state index in [2.05, 4.69) is 57.7 Å². The maximum atomic E-state index is 13.2. The number of likely N-dealkylation sites (N-methyl/N-ethyl adjacent to an activating group) is 1. The summed E-state index contributed by atoms with van der Waals surface area (Å²) in [4.78, 5) is 39.3. The Morgan fingerprint density at radius 2 is 1.88 bits per heavy atom. The Morgan fingerprint density at radius 3 is 2.52 bits per heavy atom. The van der Waals surface area contributed by atoms with E-state index in [1.165, 1.54) is 21.6 Å². The fourth-order valence-corrected chi connectivity index (χ4v) is 5.38. The van der Waals surface area contributed by atoms with Gasteiger partial charge in [0.25, 0.3) is 11.1 Å². The first-order valence-electron chi connectivity index (χ1n) is 13.3. The largest absolute Gasteiger partial charge is 0.367 e. The van der Waals surface area contributed by atoms with Gasteiger partial charge in [-0.25, -0.2) is 19.0 Å². The number of fused-ring (bicyclic) bond motifs is 1. The van der Waals surface area contributed by atoms with Gasteiger partial charge in [-0.1, -0.05) is 17.7 Å². The van der Waals surface area contributed by atoms with Crippen molar-refractivity contribution in [3.8, 4) is 5.82 Å². The molecule has 4 heterocycles. The van der Waals surface area contributed by atoms with Crippen molar-refractivity contribution in [1.29, 1.82) is 0 Å². The molecule has 0 radical (unpaired) electrons. The second kappa shape index (κ2) is 10.9. The number of piperazine rings is 1. The highest BCUT2D eigenvalue weighted by molar-refractivity contribution is 6.33. The predicted octanol–water partition coefficient (Wildman–Crippen LogP) is 3.83. The van der Waals surface area contributed by atoms with Crippen LogP contribution < -0.4 is 21.3 Å². The average Bonchev–Trinajstić information content (AvgIpc) is 3.18. The summed E-state index contributed by atoms with van der Waals surface area (Å²) in [6.07, 6.45) is 3.11. The van der Waals surface area contributed by atoms with Crippen molar-refractivity contribution in [3.05, 3.63) is 74.9 Å². The van der Waals surface area contributed by atoms with Crippen LogP contribution in [0.2, 0.25) is 5.02 Å². The molecule has 210 valence electrons. The van der Waals surface area contributed by atoms with Gasteiger partial charge in [0.1, 0.15) is 5.39 Å². The van der Waals surface area contributed by atoms with E-state index in [0.717, 1.165) is 18.8 Å². The van der Waals surface area contributed by atoms with Crippen molar-refractivity contribution in [2.24, 2.45) is 0 Å². The molecular weight excluding hydrogens is 530 g/mol. The summed E-state index contributed by atoms with van der Waals surface area (Å²) in [5.74, 6) is 0.676. The van der Waals surface area contributed by atoms with Crippen LogP contribution in [-0.4, -0.2) is 66.2 Å². The predicted molar refractivity (Wildman–Crippen MR) is 159 cm³/mol. The van der Waals surface area contributed by atoms with E-state index < -0.39 is 0 Å². The van der Waals surface area contributed by atoms with Gasteiger partial charge < -0.3 is 10.2 Å². The lowest BCUT2D eigenvalue weighted by molar-refractivity contribution is 0.170. The fourth-order valence-electron chi connectivity index (χ4n) is 5.08. The third-order valence-corrected chi connectivity index (χ3v) is 7.70. The molecule has 0 spiro atoms. The topological polar surface area (TPSA) is 106 Å². The lowest BCUT2D eigenvalue weighted by atomic mass is 10.1. The Balaban J connectivity index is 1.52. The van der Waals surface area contributed by atoms with E-state index in [-0.39, 0.29) is 23.7 Å². The molecule has 1 aromatic carbocycles. The molecule has 1 aliphatic rings. The lowest BCUT2D eigenvalue weighted by Gasteiger charge is -2.43. The van der Waals surface area contributed by atoms with E-state index in [9.17, 15) is 9.59 Å². The Hall–Kier alpha value is -3.96. The van der Waals surface area contributed by atoms with Crippen molar-refractivity contribution >= 4 is 40.0 Å². The van der Waals surface area contributed by atoms with E-state index in [1.54, 1.807) is 16.8 Å². The van der Waals surface area contributed by atoms with Gasteiger partial charge in [-0.3, -0.25) is 14.5 Å². The molecule has 0 saturated carbocycles. The Bertz CT molecular complexity index is 1680. The summed E-state index contributed by atoms with van der Waals surface area (Å²) in [6.45, 7) is 14.0. The summed E-state index contributed by atoms with van der Waals surface area (Å²) < 4.78 is 4.43. The first-order valence-corrected chi connectivity index (χ1v) is 13.7. The zero-order chi connectivity index (χ0) is 28.7. The number of nitrogens with zero attached hydrogens (tertiary/aromatic N) is 8. The molecule has 40 heavy (non-hydrogen) atoms. The van der Waals surface area contributed by atoms with Crippen molar-refractivity contribution < 1.29 is 0 Å². The van der Waals surface area contributed by atoms with Crippen LogP contribution in [0.25, 0.3) is 16.9 Å². The summed E-state index contributed by atoms with van der Waals surface area (Å²) >= 11 is 6.74. The van der Waals surface area contributed by atoms with Crippen LogP contribution in [0, 0.1) is 0 Å². The number of aromatic nitrogens is 6. The second-order valence-electron chi connectivity index (χ2n) is 10.5. The number of rotatable bonds is 7. The zero-order valence-electron chi connectivity index (χ0n) is 23.4. The fraction of sp³-hybridized carbons (Fsp3) is 0.393. The zero-order valence-corrected chi connectivity index (χ0v) is 24.1. The van der Waals surface area contributed by atoms with Crippen molar-refractivity contribution in [1.82, 2.24) is 34.0 Å². The van der Waals surface area contributed by atoms with Crippen LogP contribution in [0.3, 0.4) is 0 Å². The standard InChI is InChI=1S/C28H34ClN9O2/c1-7-12-36-27(40)21-14-30-28(32-26(21)38(36)24-10-11-25(39)37(33-24)17(2)3)31-20-8-9-23(22(29)13-20)35-15-18(4)34(6)19(5)16-35/h7-11,13-14,17-19H,1,12,15-16H2,2-6H3,(H,30,31,32)/t18-,19+. The Kier molecular flexibility index (Phi) is 7.52. The van der Waals surface area contributed by atoms with Crippen LogP contribution in [0.4, 0.5) is 17.3 Å². The molecule has 2 atom stereocenters. The number of hydrogen-bond acceptors (Lipinski definition) is 8. The van der Waals surface area contributed by atoms with Crippen LogP contribution in [-0.2, 0) is 6.54 Å². The first kappa shape index (κ1) is 27.6. The Morgan fingerprint density at radius 1 is 1.15 bits per heavy atom. The van der Waals surface area contributed by atoms with E-state index in [1.807, 2.05) is 32.0 Å². The first-order chi connectivity index (χ1) is 19.1. The number of allylic oxidation sites excluding steroid dienone is 1. The van der Waals surface area contributed by atoms with Gasteiger partial charge in [0.2, 0.25) is 5.95 Å². The highest BCUT2D eigenvalue weighted by atomic mass is 35.5. The molecule has 0 aliphatic carbocycles. The SMILES string of the molecule is C=CCn1c(=O)c2cnc(Nc3ccc(N4C[C@@H](C)N(C)[C@@H](C)C4)c(Cl)c3)nc2n1-c1ccc(=O)n(C(C)C)n1. The number of nitrogens with one attached hydrogen (secondary N) is 1. The van der Waals surface area contributed by atoms with Gasteiger partial charge in [-0.05, 0) is 59.0 Å². The second-order valence-corrected chi connectivity index (χ2v) is 11.0. The molecule has 5 rings (SSSR count). The average molecular weight is 564 g/mol. The number of benzene rings is 1. The number of halogens is 1. The normalized spacial score (nSPS) is 18.0. The van der Waals surface area contributed by atoms with Gasteiger partial charge in [0, 0.05) is 43.1 Å². The minimum atomic E-state index is -0.284. The molecule has 0 bridgehead atoms. The van der Waals surface area contributed by atoms with E-state index in [0.29, 0.717) is 45.6 Å². The molecule has 1 N–H and O–H groups in total. The molecule has 0 unspecified atom stereocenters. The van der Waals surface area contributed by atoms with Gasteiger partial charge in [-0.2, -0.15) is 4.98 Å². The Labute approximate surface area is 237 Å². The van der Waals surface area contributed by atoms with E-state index >= 15 is 0 Å². The maximum Gasteiger partial charge on any atom is 0.278 e. The third kappa shape index (κ3) is 5.02. The third-order valence-electron chi connectivity index (χ3n) is 7.40. The van der Waals surface area contributed by atoms with Crippen molar-refractivity contribution in [2.75, 3.05) is 30.4 Å². The highest BCUT2D eigenvalue weighted by Crippen LogP contribution is 2.32. The minimum Gasteiger partial charge on any atom is -0.367 e. The molecule has 0 amide bonds. The minimum absolute atomic E-state index is 0.161. The van der Waals surface area contributed by atoms with Crippen molar-refractivity contribution in [3.63, 3.8) is 0 Å². The van der Waals surface area contributed by atoms with Gasteiger partial charge in [-0.15, -0.1) is 11.7 Å². The van der Waals surface area contributed by atoms with Crippen LogP contribution in [0.5, 0.6) is 0 Å². The quantitative estimate of drug-likeness (QED) is 0.338. The smallest absolute Gasteiger partial charge is 0.278 e. The van der Waals surface area contributed by atoms with Crippen molar-refractivity contribution in [2.45, 2.75) is 52.4 Å². The molecule has 4 aromatic rings. The van der Waals surface area contributed by atoms with Crippen LogP contribution >= 0.6 is 11.6 Å². The van der Waals surface area contributed by atoms with Gasteiger partial charge >= 0.3 is 0 Å². The number of hydrogen-bond donors (Lipinski definition) is 1. The van der Waals surface area contributed by atoms with Gasteiger partial charge in [0.05, 0.1) is 23.3 Å². The van der Waals surface area contributed by atoms with Gasteiger partial charge in [0.15, 0.2) is 11.5 Å². The molecule has 1 saturated heterocycles. The monoisotopic (exact) mass is 563 g/mol. The molecular formula is C28H34ClN9O2. The summed E-state index contributed by atoms with van der Waals surface area (Å²) in [6, 6.07) is 9.48. The lowest BCUT2D eigenvalue weighted by Crippen LogP contribution is -2.55. The van der Waals surface area contributed by atoms with E-state index in [4.69, 9.17) is 11.6 Å². The maximum absolute atomic E-state index is 13.2. The highest BCUT2D eigenvalue weighted by Gasteiger charge is 2.27. The molecule has 12 heteroatoms. The van der Waals surface area contributed by atoms with Crippen LogP contribution in [0.1, 0.15) is 33.7 Å². The summed E-state index contributed by atoms with van der Waals surface area (Å²) in [5, 5.41) is 8.68. The molecule has 1 fully saturated rings.